The Kier molecular flexibility index (Phi) is 5.00. The quantitative estimate of drug-likeness (QED) is 0.812. The van der Waals surface area contributed by atoms with Crippen molar-refractivity contribution in [1.82, 2.24) is 19.2 Å². The van der Waals surface area contributed by atoms with Crippen LogP contribution >= 0.6 is 0 Å². The Morgan fingerprint density at radius 2 is 2.08 bits per heavy atom. The van der Waals surface area contributed by atoms with Gasteiger partial charge in [-0.1, -0.05) is 29.8 Å². The molecule has 1 atom stereocenters. The number of benzene rings is 1. The fourth-order valence-corrected chi connectivity index (χ4v) is 3.42. The smallest absolute Gasteiger partial charge is 0.299 e. The minimum Gasteiger partial charge on any atom is -0.299 e. The van der Waals surface area contributed by atoms with Gasteiger partial charge in [0.15, 0.2) is 0 Å². The first kappa shape index (κ1) is 16.7. The van der Waals surface area contributed by atoms with E-state index in [-0.39, 0.29) is 11.6 Å². The molecule has 128 valence electrons. The van der Waals surface area contributed by atoms with Crippen LogP contribution in [0, 0.1) is 0 Å². The highest BCUT2D eigenvalue weighted by molar-refractivity contribution is 5.33. The third kappa shape index (κ3) is 3.36. The normalized spacial score (nSPS) is 19.6. The second kappa shape index (κ2) is 7.18. The Morgan fingerprint density at radius 1 is 1.33 bits per heavy atom. The van der Waals surface area contributed by atoms with E-state index in [1.165, 1.54) is 10.3 Å². The Morgan fingerprint density at radius 3 is 2.79 bits per heavy atom. The van der Waals surface area contributed by atoms with Gasteiger partial charge in [-0.05, 0) is 45.4 Å². The number of hydrogen-bond acceptors (Lipinski definition) is 3. The Labute approximate surface area is 143 Å². The lowest BCUT2D eigenvalue weighted by Crippen LogP contribution is -2.36. The molecule has 0 spiro atoms. The van der Waals surface area contributed by atoms with E-state index < -0.39 is 0 Å². The zero-order chi connectivity index (χ0) is 17.1. The van der Waals surface area contributed by atoms with E-state index >= 15 is 0 Å². The first-order chi connectivity index (χ1) is 11.6. The van der Waals surface area contributed by atoms with Gasteiger partial charge in [-0.3, -0.25) is 4.90 Å². The summed E-state index contributed by atoms with van der Waals surface area (Å²) >= 11 is 0. The van der Waals surface area contributed by atoms with Crippen molar-refractivity contribution < 1.29 is 0 Å². The SMILES string of the molecule is C/C=C(\C)CN1CCC[C@H](c2nn(C)c(=O)n2-c2ccccc2)C1. The van der Waals surface area contributed by atoms with Crippen molar-refractivity contribution in [2.75, 3.05) is 19.6 Å². The molecule has 2 aromatic rings. The lowest BCUT2D eigenvalue weighted by molar-refractivity contribution is 0.218. The predicted octanol–water partition coefficient (Wildman–Crippen LogP) is 2.72. The summed E-state index contributed by atoms with van der Waals surface area (Å²) < 4.78 is 3.23. The lowest BCUT2D eigenvalue weighted by Gasteiger charge is -2.32. The summed E-state index contributed by atoms with van der Waals surface area (Å²) in [4.78, 5) is 15.0. The molecule has 0 saturated carbocycles. The van der Waals surface area contributed by atoms with Crippen LogP contribution in [0.3, 0.4) is 0 Å². The van der Waals surface area contributed by atoms with E-state index in [0.29, 0.717) is 0 Å². The van der Waals surface area contributed by atoms with Gasteiger partial charge in [0, 0.05) is 26.1 Å². The summed E-state index contributed by atoms with van der Waals surface area (Å²) in [5.41, 5.74) is 2.21. The van der Waals surface area contributed by atoms with Gasteiger partial charge in [0.05, 0.1) is 5.69 Å². The highest BCUT2D eigenvalue weighted by Gasteiger charge is 2.27. The molecule has 3 rings (SSSR count). The Bertz CT molecular complexity index is 772. The van der Waals surface area contributed by atoms with Crippen molar-refractivity contribution in [1.29, 1.82) is 0 Å². The first-order valence-corrected chi connectivity index (χ1v) is 8.65. The maximum atomic E-state index is 12.6. The van der Waals surface area contributed by atoms with Crippen molar-refractivity contribution in [3.63, 3.8) is 0 Å². The van der Waals surface area contributed by atoms with Crippen LogP contribution in [0.25, 0.3) is 5.69 Å². The van der Waals surface area contributed by atoms with E-state index in [2.05, 4.69) is 29.9 Å². The maximum absolute atomic E-state index is 12.6. The first-order valence-electron chi connectivity index (χ1n) is 8.65. The van der Waals surface area contributed by atoms with Gasteiger partial charge in [0.2, 0.25) is 0 Å². The molecular weight excluding hydrogens is 300 g/mol. The van der Waals surface area contributed by atoms with Gasteiger partial charge in [-0.2, -0.15) is 5.10 Å². The van der Waals surface area contributed by atoms with Crippen LogP contribution in [-0.2, 0) is 7.05 Å². The molecule has 1 aromatic heterocycles. The van der Waals surface area contributed by atoms with E-state index in [1.54, 1.807) is 11.6 Å². The van der Waals surface area contributed by atoms with E-state index in [1.807, 2.05) is 30.3 Å². The van der Waals surface area contributed by atoms with Gasteiger partial charge in [-0.15, -0.1) is 0 Å². The van der Waals surface area contributed by atoms with E-state index in [9.17, 15) is 4.79 Å². The number of para-hydroxylation sites is 1. The van der Waals surface area contributed by atoms with Crippen LogP contribution in [0.5, 0.6) is 0 Å². The molecule has 5 nitrogen and oxygen atoms in total. The number of piperidine rings is 1. The molecule has 0 unspecified atom stereocenters. The number of allylic oxidation sites excluding steroid dienone is 1. The summed E-state index contributed by atoms with van der Waals surface area (Å²) in [7, 11) is 1.73. The molecule has 2 heterocycles. The molecular formula is C19H26N4O. The second-order valence-electron chi connectivity index (χ2n) is 6.64. The zero-order valence-corrected chi connectivity index (χ0v) is 14.8. The Hall–Kier alpha value is -2.14. The zero-order valence-electron chi connectivity index (χ0n) is 14.8. The molecule has 1 aliphatic heterocycles. The lowest BCUT2D eigenvalue weighted by atomic mass is 9.96. The molecule has 24 heavy (non-hydrogen) atoms. The third-order valence-corrected chi connectivity index (χ3v) is 4.80. The fraction of sp³-hybridized carbons (Fsp3) is 0.474. The topological polar surface area (TPSA) is 43.1 Å². The summed E-state index contributed by atoms with van der Waals surface area (Å²) in [5.74, 6) is 1.18. The van der Waals surface area contributed by atoms with Crippen LogP contribution in [0.1, 0.15) is 38.4 Å². The van der Waals surface area contributed by atoms with Crippen LogP contribution in [0.2, 0.25) is 0 Å². The summed E-state index contributed by atoms with van der Waals surface area (Å²) in [6.45, 7) is 7.32. The van der Waals surface area contributed by atoms with Gasteiger partial charge < -0.3 is 0 Å². The molecule has 0 N–H and O–H groups in total. The molecule has 5 heteroatoms. The molecule has 0 amide bonds. The van der Waals surface area contributed by atoms with Gasteiger partial charge >= 0.3 is 5.69 Å². The van der Waals surface area contributed by atoms with Crippen molar-refractivity contribution >= 4 is 0 Å². The number of nitrogens with zero attached hydrogens (tertiary/aromatic N) is 4. The fourth-order valence-electron chi connectivity index (χ4n) is 3.42. The molecule has 0 bridgehead atoms. The van der Waals surface area contributed by atoms with Crippen LogP contribution in [-0.4, -0.2) is 38.9 Å². The standard InChI is InChI=1S/C19H26N4O/c1-4-15(2)13-22-12-8-9-16(14-22)18-20-21(3)19(24)23(18)17-10-6-5-7-11-17/h4-7,10-11,16H,8-9,12-14H2,1-3H3/b15-4+/t16-/m0/s1. The second-order valence-corrected chi connectivity index (χ2v) is 6.64. The minimum atomic E-state index is -0.0713. The molecule has 0 aliphatic carbocycles. The van der Waals surface area contributed by atoms with Crippen molar-refractivity contribution in [3.8, 4) is 5.69 Å². The molecule has 1 saturated heterocycles. The van der Waals surface area contributed by atoms with Gasteiger partial charge in [0.25, 0.3) is 0 Å². The minimum absolute atomic E-state index is 0.0713. The van der Waals surface area contributed by atoms with Gasteiger partial charge in [-0.25, -0.2) is 14.0 Å². The number of likely N-dealkylation sites (tertiary alicyclic amines) is 1. The average molecular weight is 326 g/mol. The molecule has 1 aliphatic rings. The van der Waals surface area contributed by atoms with Crippen molar-refractivity contribution in [2.24, 2.45) is 7.05 Å². The largest absolute Gasteiger partial charge is 0.350 e. The van der Waals surface area contributed by atoms with Crippen LogP contribution in [0.4, 0.5) is 0 Å². The highest BCUT2D eigenvalue weighted by Crippen LogP contribution is 2.26. The molecule has 1 fully saturated rings. The molecule has 1 aromatic carbocycles. The van der Waals surface area contributed by atoms with E-state index in [4.69, 9.17) is 0 Å². The number of aryl methyl sites for hydroxylation is 1. The third-order valence-electron chi connectivity index (χ3n) is 4.80. The van der Waals surface area contributed by atoms with Crippen LogP contribution in [0.15, 0.2) is 46.8 Å². The summed E-state index contributed by atoms with van der Waals surface area (Å²) in [6, 6.07) is 9.82. The van der Waals surface area contributed by atoms with Crippen molar-refractivity contribution in [2.45, 2.75) is 32.6 Å². The summed E-state index contributed by atoms with van der Waals surface area (Å²) in [6.07, 6.45) is 4.39. The molecule has 0 radical (unpaired) electrons. The van der Waals surface area contributed by atoms with Crippen LogP contribution < -0.4 is 5.69 Å². The maximum Gasteiger partial charge on any atom is 0.350 e. The number of rotatable bonds is 4. The number of hydrogen-bond donors (Lipinski definition) is 0. The highest BCUT2D eigenvalue weighted by atomic mass is 16.2. The summed E-state index contributed by atoms with van der Waals surface area (Å²) in [5, 5.41) is 4.57. The van der Waals surface area contributed by atoms with Crippen molar-refractivity contribution in [3.05, 3.63) is 58.3 Å². The number of aromatic nitrogens is 3. The average Bonchev–Trinajstić information content (AvgIpc) is 2.91. The Balaban J connectivity index is 1.92. The monoisotopic (exact) mass is 326 g/mol. The van der Waals surface area contributed by atoms with Gasteiger partial charge in [0.1, 0.15) is 5.82 Å². The predicted molar refractivity (Wildman–Crippen MR) is 96.7 cm³/mol. The van der Waals surface area contributed by atoms with E-state index in [0.717, 1.165) is 44.0 Å².